The summed E-state index contributed by atoms with van der Waals surface area (Å²) in [5.41, 5.74) is 2.18. The SMILES string of the molecule is CN(C)c1cccc(C2(C#N)CC2)c1. The van der Waals surface area contributed by atoms with Crippen molar-refractivity contribution in [3.05, 3.63) is 29.8 Å². The molecule has 0 atom stereocenters. The maximum absolute atomic E-state index is 9.08. The third-order valence-electron chi connectivity index (χ3n) is 2.88. The van der Waals surface area contributed by atoms with E-state index in [1.165, 1.54) is 11.3 Å². The first-order chi connectivity index (χ1) is 6.68. The van der Waals surface area contributed by atoms with Crippen molar-refractivity contribution >= 4 is 5.69 Å². The van der Waals surface area contributed by atoms with Crippen LogP contribution in [0.2, 0.25) is 0 Å². The average molecular weight is 186 g/mol. The number of nitriles is 1. The Balaban J connectivity index is 2.37. The van der Waals surface area contributed by atoms with Crippen LogP contribution in [0.1, 0.15) is 18.4 Å². The van der Waals surface area contributed by atoms with Gasteiger partial charge >= 0.3 is 0 Å². The van der Waals surface area contributed by atoms with Crippen molar-refractivity contribution in [1.29, 1.82) is 5.26 Å². The van der Waals surface area contributed by atoms with E-state index in [0.29, 0.717) is 0 Å². The zero-order valence-electron chi connectivity index (χ0n) is 8.62. The molecule has 0 amide bonds. The van der Waals surface area contributed by atoms with Crippen molar-refractivity contribution in [2.45, 2.75) is 18.3 Å². The first-order valence-electron chi connectivity index (χ1n) is 4.87. The maximum Gasteiger partial charge on any atom is 0.0824 e. The fraction of sp³-hybridized carbons (Fsp3) is 0.417. The second-order valence-corrected chi connectivity index (χ2v) is 4.14. The van der Waals surface area contributed by atoms with Crippen LogP contribution in [-0.4, -0.2) is 14.1 Å². The average Bonchev–Trinajstić information content (AvgIpc) is 2.98. The topological polar surface area (TPSA) is 27.0 Å². The molecular weight excluding hydrogens is 172 g/mol. The molecule has 1 aliphatic carbocycles. The Morgan fingerprint density at radius 3 is 2.57 bits per heavy atom. The van der Waals surface area contributed by atoms with Crippen LogP contribution in [0.3, 0.4) is 0 Å². The summed E-state index contributed by atoms with van der Waals surface area (Å²) in [5, 5.41) is 9.08. The normalized spacial score (nSPS) is 17.2. The predicted molar refractivity (Wildman–Crippen MR) is 57.3 cm³/mol. The van der Waals surface area contributed by atoms with Crippen LogP contribution < -0.4 is 4.90 Å². The molecule has 2 heteroatoms. The van der Waals surface area contributed by atoms with Crippen molar-refractivity contribution in [1.82, 2.24) is 0 Å². The van der Waals surface area contributed by atoms with Crippen LogP contribution in [-0.2, 0) is 5.41 Å². The molecule has 2 nitrogen and oxygen atoms in total. The number of anilines is 1. The fourth-order valence-electron chi connectivity index (χ4n) is 1.67. The minimum absolute atomic E-state index is 0.161. The van der Waals surface area contributed by atoms with E-state index in [4.69, 9.17) is 5.26 Å². The molecule has 0 aromatic heterocycles. The van der Waals surface area contributed by atoms with Crippen LogP contribution >= 0.6 is 0 Å². The van der Waals surface area contributed by atoms with Crippen LogP contribution in [0, 0.1) is 11.3 Å². The van der Waals surface area contributed by atoms with Gasteiger partial charge in [0.1, 0.15) is 0 Å². The van der Waals surface area contributed by atoms with Crippen LogP contribution in [0.4, 0.5) is 5.69 Å². The zero-order valence-corrected chi connectivity index (χ0v) is 8.62. The van der Waals surface area contributed by atoms with E-state index in [1.54, 1.807) is 0 Å². The highest BCUT2D eigenvalue weighted by molar-refractivity contribution is 5.52. The minimum Gasteiger partial charge on any atom is -0.378 e. The molecule has 0 aliphatic heterocycles. The van der Waals surface area contributed by atoms with Crippen molar-refractivity contribution in [3.63, 3.8) is 0 Å². The second-order valence-electron chi connectivity index (χ2n) is 4.14. The van der Waals surface area contributed by atoms with E-state index in [9.17, 15) is 0 Å². The maximum atomic E-state index is 9.08. The summed E-state index contributed by atoms with van der Waals surface area (Å²) >= 11 is 0. The molecule has 0 saturated heterocycles. The van der Waals surface area contributed by atoms with Gasteiger partial charge in [0.25, 0.3) is 0 Å². The Bertz CT molecular complexity index is 384. The van der Waals surface area contributed by atoms with Gasteiger partial charge < -0.3 is 4.90 Å². The highest BCUT2D eigenvalue weighted by atomic mass is 15.1. The van der Waals surface area contributed by atoms with E-state index in [2.05, 4.69) is 29.2 Å². The Hall–Kier alpha value is -1.49. The summed E-state index contributed by atoms with van der Waals surface area (Å²) in [6, 6.07) is 10.7. The lowest BCUT2D eigenvalue weighted by atomic mass is 9.97. The number of hydrogen-bond acceptors (Lipinski definition) is 2. The monoisotopic (exact) mass is 186 g/mol. The van der Waals surface area contributed by atoms with Gasteiger partial charge in [0, 0.05) is 19.8 Å². The summed E-state index contributed by atoms with van der Waals surface area (Å²) < 4.78 is 0. The van der Waals surface area contributed by atoms with Gasteiger partial charge in [-0.15, -0.1) is 0 Å². The Morgan fingerprint density at radius 2 is 2.07 bits per heavy atom. The quantitative estimate of drug-likeness (QED) is 0.708. The summed E-state index contributed by atoms with van der Waals surface area (Å²) in [5.74, 6) is 0. The van der Waals surface area contributed by atoms with E-state index < -0.39 is 0 Å². The molecule has 0 heterocycles. The van der Waals surface area contributed by atoms with Gasteiger partial charge in [0.15, 0.2) is 0 Å². The van der Waals surface area contributed by atoms with Crippen molar-refractivity contribution in [2.75, 3.05) is 19.0 Å². The first-order valence-corrected chi connectivity index (χ1v) is 4.87. The molecule has 0 radical (unpaired) electrons. The zero-order chi connectivity index (χ0) is 10.2. The Kier molecular flexibility index (Phi) is 1.96. The summed E-state index contributed by atoms with van der Waals surface area (Å²) in [6.07, 6.45) is 2.03. The van der Waals surface area contributed by atoms with Gasteiger partial charge in [-0.05, 0) is 30.5 Å². The fourth-order valence-corrected chi connectivity index (χ4v) is 1.67. The van der Waals surface area contributed by atoms with E-state index in [1.807, 2.05) is 20.2 Å². The number of nitrogens with zero attached hydrogens (tertiary/aromatic N) is 2. The van der Waals surface area contributed by atoms with E-state index in [0.717, 1.165) is 12.8 Å². The number of hydrogen-bond donors (Lipinski definition) is 0. The Labute approximate surface area is 84.8 Å². The third-order valence-corrected chi connectivity index (χ3v) is 2.88. The van der Waals surface area contributed by atoms with Gasteiger partial charge in [-0.1, -0.05) is 12.1 Å². The van der Waals surface area contributed by atoms with Crippen LogP contribution in [0.5, 0.6) is 0 Å². The standard InChI is InChI=1S/C12H14N2/c1-14(2)11-5-3-4-10(8-11)12(9-13)6-7-12/h3-5,8H,6-7H2,1-2H3. The smallest absolute Gasteiger partial charge is 0.0824 e. The molecule has 0 spiro atoms. The molecule has 0 unspecified atom stereocenters. The second kappa shape index (κ2) is 3.02. The van der Waals surface area contributed by atoms with Gasteiger partial charge in [-0.25, -0.2) is 0 Å². The molecule has 1 saturated carbocycles. The molecule has 72 valence electrons. The van der Waals surface area contributed by atoms with Gasteiger partial charge in [0.05, 0.1) is 11.5 Å². The molecule has 1 aromatic carbocycles. The number of rotatable bonds is 2. The van der Waals surface area contributed by atoms with E-state index in [-0.39, 0.29) is 5.41 Å². The molecule has 2 rings (SSSR count). The predicted octanol–water partition coefficient (Wildman–Crippen LogP) is 2.31. The largest absolute Gasteiger partial charge is 0.378 e. The van der Waals surface area contributed by atoms with Gasteiger partial charge in [-0.3, -0.25) is 0 Å². The highest BCUT2D eigenvalue weighted by Crippen LogP contribution is 2.47. The summed E-state index contributed by atoms with van der Waals surface area (Å²) in [6.45, 7) is 0. The molecule has 1 aliphatic rings. The molecule has 0 bridgehead atoms. The number of benzene rings is 1. The van der Waals surface area contributed by atoms with Gasteiger partial charge in [0.2, 0.25) is 0 Å². The lowest BCUT2D eigenvalue weighted by Gasteiger charge is -2.15. The lowest BCUT2D eigenvalue weighted by Crippen LogP contribution is -2.10. The summed E-state index contributed by atoms with van der Waals surface area (Å²) in [4.78, 5) is 2.07. The lowest BCUT2D eigenvalue weighted by molar-refractivity contribution is 0.906. The van der Waals surface area contributed by atoms with Crippen LogP contribution in [0.15, 0.2) is 24.3 Å². The highest BCUT2D eigenvalue weighted by Gasteiger charge is 2.44. The third kappa shape index (κ3) is 1.35. The van der Waals surface area contributed by atoms with Crippen molar-refractivity contribution < 1.29 is 0 Å². The van der Waals surface area contributed by atoms with E-state index >= 15 is 0 Å². The van der Waals surface area contributed by atoms with Crippen molar-refractivity contribution in [2.24, 2.45) is 0 Å². The molecule has 1 aromatic rings. The van der Waals surface area contributed by atoms with Crippen molar-refractivity contribution in [3.8, 4) is 6.07 Å². The minimum atomic E-state index is -0.161. The molecular formula is C12H14N2. The molecule has 1 fully saturated rings. The molecule has 0 N–H and O–H groups in total. The molecule has 14 heavy (non-hydrogen) atoms. The van der Waals surface area contributed by atoms with Crippen LogP contribution in [0.25, 0.3) is 0 Å². The van der Waals surface area contributed by atoms with Gasteiger partial charge in [-0.2, -0.15) is 5.26 Å². The summed E-state index contributed by atoms with van der Waals surface area (Å²) in [7, 11) is 4.04. The Morgan fingerprint density at radius 1 is 1.36 bits per heavy atom. The first kappa shape index (κ1) is 9.08.